The molecule has 144 valence electrons. The first-order valence-electron chi connectivity index (χ1n) is 9.26. The van der Waals surface area contributed by atoms with Crippen LogP contribution in [0.1, 0.15) is 46.6 Å². The molecule has 1 aromatic heterocycles. The van der Waals surface area contributed by atoms with Gasteiger partial charge in [0.2, 0.25) is 5.91 Å². The lowest BCUT2D eigenvalue weighted by molar-refractivity contribution is -0.129. The third-order valence-corrected chi connectivity index (χ3v) is 4.77. The van der Waals surface area contributed by atoms with Crippen LogP contribution in [-0.4, -0.2) is 41.5 Å². The Morgan fingerprint density at radius 1 is 1.22 bits per heavy atom. The number of nitrogens with zero attached hydrogens (tertiary/aromatic N) is 2. The summed E-state index contributed by atoms with van der Waals surface area (Å²) >= 11 is 0. The molecule has 2 aromatic rings. The Bertz CT molecular complexity index is 790. The van der Waals surface area contributed by atoms with Crippen LogP contribution >= 0.6 is 0 Å². The zero-order valence-corrected chi connectivity index (χ0v) is 15.8. The zero-order chi connectivity index (χ0) is 19.2. The summed E-state index contributed by atoms with van der Waals surface area (Å²) in [6.45, 7) is 5.92. The first kappa shape index (κ1) is 18.9. The molecule has 0 bridgehead atoms. The van der Waals surface area contributed by atoms with Crippen molar-refractivity contribution in [3.05, 3.63) is 46.8 Å². The van der Waals surface area contributed by atoms with E-state index in [0.29, 0.717) is 30.0 Å². The number of likely N-dealkylation sites (tertiary alicyclic amines) is 1. The smallest absolute Gasteiger partial charge is 0.255 e. The van der Waals surface area contributed by atoms with Crippen molar-refractivity contribution in [1.29, 1.82) is 0 Å². The van der Waals surface area contributed by atoms with E-state index in [9.17, 15) is 9.59 Å². The number of hydrogen-bond donors (Lipinski definition) is 1. The molecule has 1 fully saturated rings. The Balaban J connectivity index is 1.56. The maximum atomic E-state index is 12.5. The number of aromatic nitrogens is 1. The minimum Gasteiger partial charge on any atom is -0.488 e. The molecule has 0 aliphatic carbocycles. The average molecular weight is 371 g/mol. The molecule has 1 saturated heterocycles. The van der Waals surface area contributed by atoms with Crippen molar-refractivity contribution in [2.75, 3.05) is 19.6 Å². The highest BCUT2D eigenvalue weighted by atomic mass is 16.5. The van der Waals surface area contributed by atoms with Gasteiger partial charge in [0.25, 0.3) is 5.91 Å². The molecule has 3 rings (SSSR count). The molecule has 1 aliphatic rings. The van der Waals surface area contributed by atoms with E-state index in [-0.39, 0.29) is 18.4 Å². The van der Waals surface area contributed by atoms with Crippen molar-refractivity contribution >= 4 is 11.8 Å². The molecular formula is C20H25N3O4. The van der Waals surface area contributed by atoms with E-state index >= 15 is 0 Å². The lowest BCUT2D eigenvalue weighted by Crippen LogP contribution is -2.32. The lowest BCUT2D eigenvalue weighted by atomic mass is 10.1. The van der Waals surface area contributed by atoms with Crippen LogP contribution in [0.5, 0.6) is 5.75 Å². The Kier molecular flexibility index (Phi) is 6.11. The summed E-state index contributed by atoms with van der Waals surface area (Å²) in [5.41, 5.74) is 2.09. The Labute approximate surface area is 158 Å². The van der Waals surface area contributed by atoms with Crippen molar-refractivity contribution in [2.24, 2.45) is 0 Å². The van der Waals surface area contributed by atoms with E-state index < -0.39 is 0 Å². The fourth-order valence-corrected chi connectivity index (χ4v) is 3.14. The van der Waals surface area contributed by atoms with Gasteiger partial charge in [-0.2, -0.15) is 0 Å². The summed E-state index contributed by atoms with van der Waals surface area (Å²) in [7, 11) is 0. The Hall–Kier alpha value is -2.83. The van der Waals surface area contributed by atoms with Crippen LogP contribution in [0.15, 0.2) is 28.8 Å². The number of rotatable bonds is 7. The predicted molar refractivity (Wildman–Crippen MR) is 99.5 cm³/mol. The first-order chi connectivity index (χ1) is 13.1. The number of hydrogen-bond acceptors (Lipinski definition) is 5. The Morgan fingerprint density at radius 2 is 1.96 bits per heavy atom. The third kappa shape index (κ3) is 4.67. The van der Waals surface area contributed by atoms with Crippen LogP contribution in [-0.2, 0) is 11.4 Å². The molecule has 0 spiro atoms. The second-order valence-electron chi connectivity index (χ2n) is 6.68. The highest BCUT2D eigenvalue weighted by Gasteiger charge is 2.18. The Morgan fingerprint density at radius 3 is 2.67 bits per heavy atom. The fraction of sp³-hybridized carbons (Fsp3) is 0.450. The summed E-state index contributed by atoms with van der Waals surface area (Å²) < 4.78 is 11.0. The maximum Gasteiger partial charge on any atom is 0.255 e. The number of aryl methyl sites for hydroxylation is 2. The van der Waals surface area contributed by atoms with Crippen LogP contribution in [0.2, 0.25) is 0 Å². The van der Waals surface area contributed by atoms with E-state index in [0.717, 1.165) is 37.2 Å². The largest absolute Gasteiger partial charge is 0.488 e. The molecule has 7 nitrogen and oxygen atoms in total. The van der Waals surface area contributed by atoms with Crippen molar-refractivity contribution in [3.63, 3.8) is 0 Å². The van der Waals surface area contributed by atoms with Gasteiger partial charge in [-0.15, -0.1) is 0 Å². The average Bonchev–Trinajstić information content (AvgIpc) is 3.31. The molecule has 1 aliphatic heterocycles. The fourth-order valence-electron chi connectivity index (χ4n) is 3.14. The van der Waals surface area contributed by atoms with Gasteiger partial charge in [-0.3, -0.25) is 9.59 Å². The quantitative estimate of drug-likeness (QED) is 0.809. The molecule has 0 unspecified atom stereocenters. The van der Waals surface area contributed by atoms with Crippen LogP contribution in [0, 0.1) is 13.8 Å². The number of para-hydroxylation sites is 1. The highest BCUT2D eigenvalue weighted by molar-refractivity contribution is 5.97. The molecular weight excluding hydrogens is 346 g/mol. The van der Waals surface area contributed by atoms with Crippen molar-refractivity contribution in [3.8, 4) is 5.75 Å². The van der Waals surface area contributed by atoms with Crippen molar-refractivity contribution < 1.29 is 18.8 Å². The van der Waals surface area contributed by atoms with Crippen LogP contribution < -0.4 is 10.1 Å². The van der Waals surface area contributed by atoms with E-state index in [1.54, 1.807) is 18.2 Å². The van der Waals surface area contributed by atoms with Gasteiger partial charge in [-0.05, 0) is 38.8 Å². The maximum absolute atomic E-state index is 12.5. The first-order valence-corrected chi connectivity index (χ1v) is 9.26. The molecule has 27 heavy (non-hydrogen) atoms. The molecule has 0 radical (unpaired) electrons. The minimum atomic E-state index is -0.251. The van der Waals surface area contributed by atoms with Gasteiger partial charge in [0.05, 0.1) is 16.8 Å². The van der Waals surface area contributed by atoms with Crippen molar-refractivity contribution in [2.45, 2.75) is 39.7 Å². The monoisotopic (exact) mass is 371 g/mol. The SMILES string of the molecule is Cc1noc(C)c1COc1ccccc1C(=O)NCCC(=O)N1CCCC1. The second kappa shape index (κ2) is 8.70. The van der Waals surface area contributed by atoms with Gasteiger partial charge in [0, 0.05) is 26.1 Å². The summed E-state index contributed by atoms with van der Waals surface area (Å²) in [4.78, 5) is 26.4. The zero-order valence-electron chi connectivity index (χ0n) is 15.8. The highest BCUT2D eigenvalue weighted by Crippen LogP contribution is 2.21. The number of carbonyl (C=O) groups excluding carboxylic acids is 2. The second-order valence-corrected chi connectivity index (χ2v) is 6.68. The third-order valence-electron chi connectivity index (χ3n) is 4.77. The summed E-state index contributed by atoms with van der Waals surface area (Å²) in [5.74, 6) is 1.03. The van der Waals surface area contributed by atoms with Crippen LogP contribution in [0.25, 0.3) is 0 Å². The van der Waals surface area contributed by atoms with E-state index in [1.165, 1.54) is 0 Å². The van der Waals surface area contributed by atoms with Gasteiger partial charge < -0.3 is 19.5 Å². The van der Waals surface area contributed by atoms with Gasteiger partial charge in [-0.1, -0.05) is 17.3 Å². The van der Waals surface area contributed by atoms with Crippen LogP contribution in [0.3, 0.4) is 0 Å². The molecule has 1 N–H and O–H groups in total. The molecule has 0 atom stereocenters. The normalized spacial score (nSPS) is 13.6. The lowest BCUT2D eigenvalue weighted by Gasteiger charge is -2.15. The van der Waals surface area contributed by atoms with Gasteiger partial charge >= 0.3 is 0 Å². The summed E-state index contributed by atoms with van der Waals surface area (Å²) in [5, 5.41) is 6.72. The predicted octanol–water partition coefficient (Wildman–Crippen LogP) is 2.61. The standard InChI is InChI=1S/C20H25N3O4/c1-14-17(15(2)27-22-14)13-26-18-8-4-3-7-16(18)20(25)21-10-9-19(24)23-11-5-6-12-23/h3-4,7-8H,5-6,9-13H2,1-2H3,(H,21,25). The van der Waals surface area contributed by atoms with Gasteiger partial charge in [0.1, 0.15) is 18.1 Å². The van der Waals surface area contributed by atoms with Crippen molar-refractivity contribution in [1.82, 2.24) is 15.4 Å². The topological polar surface area (TPSA) is 84.7 Å². The molecule has 1 aromatic carbocycles. The molecule has 2 amide bonds. The molecule has 0 saturated carbocycles. The van der Waals surface area contributed by atoms with E-state index in [1.807, 2.05) is 24.8 Å². The number of nitrogens with one attached hydrogen (secondary N) is 1. The van der Waals surface area contributed by atoms with E-state index in [4.69, 9.17) is 9.26 Å². The summed E-state index contributed by atoms with van der Waals surface area (Å²) in [6.07, 6.45) is 2.44. The van der Waals surface area contributed by atoms with Gasteiger partial charge in [-0.25, -0.2) is 0 Å². The van der Waals surface area contributed by atoms with E-state index in [2.05, 4.69) is 10.5 Å². The molecule has 2 heterocycles. The number of ether oxygens (including phenoxy) is 1. The molecule has 7 heteroatoms. The number of carbonyl (C=O) groups is 2. The van der Waals surface area contributed by atoms with Gasteiger partial charge in [0.15, 0.2) is 0 Å². The number of amides is 2. The summed E-state index contributed by atoms with van der Waals surface area (Å²) in [6, 6.07) is 7.06. The van der Waals surface area contributed by atoms with Crippen LogP contribution in [0.4, 0.5) is 0 Å². The number of benzene rings is 1. The minimum absolute atomic E-state index is 0.0933.